The first-order chi connectivity index (χ1) is 17.6. The first-order valence-corrected chi connectivity index (χ1v) is 13.4. The number of nitrogens with zero attached hydrogens (tertiary/aromatic N) is 3. The number of amides is 2. The monoisotopic (exact) mass is 527 g/mol. The lowest BCUT2D eigenvalue weighted by Crippen LogP contribution is -2.59. The van der Waals surface area contributed by atoms with Gasteiger partial charge in [-0.1, -0.05) is 24.6 Å². The van der Waals surface area contributed by atoms with Crippen LogP contribution in [-0.2, 0) is 9.53 Å². The van der Waals surface area contributed by atoms with Gasteiger partial charge in [0.2, 0.25) is 0 Å². The molecule has 0 aliphatic carbocycles. The van der Waals surface area contributed by atoms with E-state index in [1.54, 1.807) is 0 Å². The van der Waals surface area contributed by atoms with E-state index in [4.69, 9.17) is 9.47 Å². The summed E-state index contributed by atoms with van der Waals surface area (Å²) < 4.78 is 12.0. The lowest BCUT2D eigenvalue weighted by molar-refractivity contribution is -0.143. The van der Waals surface area contributed by atoms with E-state index >= 15 is 0 Å². The molecule has 37 heavy (non-hydrogen) atoms. The number of likely N-dealkylation sites (tertiary alicyclic amines) is 2. The van der Waals surface area contributed by atoms with Crippen LogP contribution >= 0.6 is 12.4 Å². The van der Waals surface area contributed by atoms with E-state index in [2.05, 4.69) is 4.90 Å². The van der Waals surface area contributed by atoms with Crippen LogP contribution in [0.25, 0.3) is 0 Å². The van der Waals surface area contributed by atoms with Crippen molar-refractivity contribution in [1.29, 1.82) is 0 Å². The quantitative estimate of drug-likeness (QED) is 0.499. The third-order valence-electron chi connectivity index (χ3n) is 7.72. The van der Waals surface area contributed by atoms with E-state index in [0.717, 1.165) is 24.4 Å². The fourth-order valence-electron chi connectivity index (χ4n) is 5.52. The van der Waals surface area contributed by atoms with Gasteiger partial charge in [-0.3, -0.25) is 9.59 Å². The molecule has 3 aliphatic heterocycles. The van der Waals surface area contributed by atoms with Gasteiger partial charge in [-0.2, -0.15) is 0 Å². The van der Waals surface area contributed by atoms with Crippen LogP contribution in [0.15, 0.2) is 54.6 Å². The van der Waals surface area contributed by atoms with E-state index in [-0.39, 0.29) is 30.8 Å². The summed E-state index contributed by atoms with van der Waals surface area (Å²) >= 11 is 0. The second-order valence-electron chi connectivity index (χ2n) is 10.2. The number of ether oxygens (including phenoxy) is 2. The Balaban J connectivity index is 0.00000320. The Kier molecular flexibility index (Phi) is 9.46. The van der Waals surface area contributed by atoms with Crippen LogP contribution in [0.1, 0.15) is 48.9 Å². The van der Waals surface area contributed by atoms with Crippen molar-refractivity contribution < 1.29 is 19.1 Å². The van der Waals surface area contributed by atoms with Crippen molar-refractivity contribution in [3.8, 4) is 5.75 Å². The van der Waals surface area contributed by atoms with Gasteiger partial charge in [-0.05, 0) is 81.6 Å². The molecule has 0 bridgehead atoms. The molecule has 0 saturated carbocycles. The standard InChI is InChI=1S/C29H37N3O4.ClH/c33-27-22-36-29(23-32(27)25-8-3-1-4-9-25)14-19-31(20-15-29)28(34)24-10-12-26(13-11-24)35-21-7-18-30-16-5-2-6-17-30;/h1,3-4,8-13H,2,5-7,14-23H2;1H. The van der Waals surface area contributed by atoms with Crippen molar-refractivity contribution in [2.24, 2.45) is 0 Å². The highest BCUT2D eigenvalue weighted by Gasteiger charge is 2.43. The van der Waals surface area contributed by atoms with Gasteiger partial charge >= 0.3 is 0 Å². The average molecular weight is 528 g/mol. The molecule has 2 amide bonds. The minimum Gasteiger partial charge on any atom is -0.494 e. The second kappa shape index (κ2) is 12.8. The van der Waals surface area contributed by atoms with Crippen molar-refractivity contribution >= 4 is 29.9 Å². The van der Waals surface area contributed by atoms with E-state index < -0.39 is 5.60 Å². The largest absolute Gasteiger partial charge is 0.494 e. The zero-order valence-electron chi connectivity index (χ0n) is 21.5. The molecule has 0 aromatic heterocycles. The Bertz CT molecular complexity index is 1020. The number of benzene rings is 2. The molecular weight excluding hydrogens is 490 g/mol. The van der Waals surface area contributed by atoms with Gasteiger partial charge in [0.25, 0.3) is 11.8 Å². The van der Waals surface area contributed by atoms with Crippen molar-refractivity contribution in [3.05, 3.63) is 60.2 Å². The van der Waals surface area contributed by atoms with Crippen molar-refractivity contribution in [3.63, 3.8) is 0 Å². The Morgan fingerprint density at radius 1 is 0.919 bits per heavy atom. The highest BCUT2D eigenvalue weighted by Crippen LogP contribution is 2.33. The number of carbonyl (C=O) groups is 2. The molecule has 0 N–H and O–H groups in total. The summed E-state index contributed by atoms with van der Waals surface area (Å²) in [6.45, 7) is 6.06. The topological polar surface area (TPSA) is 62.3 Å². The van der Waals surface area contributed by atoms with Crippen LogP contribution in [0.2, 0.25) is 0 Å². The Labute approximate surface area is 226 Å². The molecule has 0 radical (unpaired) electrons. The number of hydrogen-bond donors (Lipinski definition) is 0. The molecule has 2 aromatic carbocycles. The molecule has 2 aromatic rings. The van der Waals surface area contributed by atoms with Crippen molar-refractivity contribution in [2.75, 3.05) is 57.4 Å². The SMILES string of the molecule is Cl.O=C(c1ccc(OCCCN2CCCCC2)cc1)N1CCC2(CC1)CN(c1ccccc1)C(=O)CO2. The molecular formula is C29H38ClN3O4. The first kappa shape index (κ1) is 27.4. The summed E-state index contributed by atoms with van der Waals surface area (Å²) in [6.07, 6.45) is 6.44. The number of morpholine rings is 1. The van der Waals surface area contributed by atoms with Gasteiger partial charge in [0, 0.05) is 30.9 Å². The Morgan fingerprint density at radius 2 is 1.62 bits per heavy atom. The summed E-state index contributed by atoms with van der Waals surface area (Å²) in [4.78, 5) is 31.9. The zero-order valence-corrected chi connectivity index (χ0v) is 22.3. The van der Waals surface area contributed by atoms with Crippen LogP contribution in [0, 0.1) is 0 Å². The van der Waals surface area contributed by atoms with Gasteiger partial charge in [-0.25, -0.2) is 0 Å². The number of rotatable bonds is 7. The van der Waals surface area contributed by atoms with Crippen molar-refractivity contribution in [2.45, 2.75) is 44.1 Å². The first-order valence-electron chi connectivity index (χ1n) is 13.4. The molecule has 7 nitrogen and oxygen atoms in total. The zero-order chi connectivity index (χ0) is 24.8. The lowest BCUT2D eigenvalue weighted by Gasteiger charge is -2.47. The number of anilines is 1. The predicted octanol–water partition coefficient (Wildman–Crippen LogP) is 4.40. The fraction of sp³-hybridized carbons (Fsp3) is 0.517. The fourth-order valence-corrected chi connectivity index (χ4v) is 5.52. The minimum atomic E-state index is -0.396. The number of para-hydroxylation sites is 1. The molecule has 3 saturated heterocycles. The molecule has 3 heterocycles. The molecule has 1 spiro atoms. The highest BCUT2D eigenvalue weighted by atomic mass is 35.5. The summed E-state index contributed by atoms with van der Waals surface area (Å²) in [5, 5.41) is 0. The summed E-state index contributed by atoms with van der Waals surface area (Å²) in [7, 11) is 0. The van der Waals surface area contributed by atoms with Gasteiger partial charge in [-0.15, -0.1) is 12.4 Å². The molecule has 8 heteroatoms. The van der Waals surface area contributed by atoms with E-state index in [9.17, 15) is 9.59 Å². The third kappa shape index (κ3) is 6.83. The minimum absolute atomic E-state index is 0. The maximum absolute atomic E-state index is 13.1. The maximum atomic E-state index is 13.1. The molecule has 3 fully saturated rings. The van der Waals surface area contributed by atoms with E-state index in [1.165, 1.54) is 32.4 Å². The smallest absolute Gasteiger partial charge is 0.253 e. The molecule has 200 valence electrons. The predicted molar refractivity (Wildman–Crippen MR) is 147 cm³/mol. The van der Waals surface area contributed by atoms with Crippen molar-refractivity contribution in [1.82, 2.24) is 9.80 Å². The van der Waals surface area contributed by atoms with Gasteiger partial charge in [0.15, 0.2) is 0 Å². The van der Waals surface area contributed by atoms with Gasteiger partial charge < -0.3 is 24.2 Å². The molecule has 0 atom stereocenters. The molecule has 5 rings (SSSR count). The Morgan fingerprint density at radius 3 is 2.32 bits per heavy atom. The number of carbonyl (C=O) groups excluding carboxylic acids is 2. The van der Waals surface area contributed by atoms with Gasteiger partial charge in [0.1, 0.15) is 12.4 Å². The Hall–Kier alpha value is -2.61. The number of hydrogen-bond acceptors (Lipinski definition) is 5. The van der Waals surface area contributed by atoms with E-state index in [1.807, 2.05) is 64.4 Å². The van der Waals surface area contributed by atoms with Crippen LogP contribution < -0.4 is 9.64 Å². The summed E-state index contributed by atoms with van der Waals surface area (Å²) in [5.74, 6) is 0.830. The molecule has 3 aliphatic rings. The van der Waals surface area contributed by atoms with Gasteiger partial charge in [0.05, 0.1) is 18.8 Å². The summed E-state index contributed by atoms with van der Waals surface area (Å²) in [5.41, 5.74) is 1.18. The highest BCUT2D eigenvalue weighted by molar-refractivity contribution is 5.95. The second-order valence-corrected chi connectivity index (χ2v) is 10.2. The van der Waals surface area contributed by atoms with Crippen LogP contribution in [0.5, 0.6) is 5.75 Å². The van der Waals surface area contributed by atoms with Crippen LogP contribution in [0.4, 0.5) is 5.69 Å². The maximum Gasteiger partial charge on any atom is 0.253 e. The van der Waals surface area contributed by atoms with Crippen LogP contribution in [-0.4, -0.2) is 79.7 Å². The number of halogens is 1. The summed E-state index contributed by atoms with van der Waals surface area (Å²) in [6, 6.07) is 17.3. The average Bonchev–Trinajstić information content (AvgIpc) is 2.94. The third-order valence-corrected chi connectivity index (χ3v) is 7.72. The van der Waals surface area contributed by atoms with E-state index in [0.29, 0.717) is 44.6 Å². The van der Waals surface area contributed by atoms with Crippen LogP contribution in [0.3, 0.4) is 0 Å². The lowest BCUT2D eigenvalue weighted by atomic mass is 9.88. The molecule has 0 unspecified atom stereocenters. The number of piperidine rings is 2. The normalized spacial score (nSPS) is 19.9.